The molecule has 0 amide bonds. The van der Waals surface area contributed by atoms with E-state index in [4.69, 9.17) is 20.5 Å². The van der Waals surface area contributed by atoms with Gasteiger partial charge in [0.15, 0.2) is 11.2 Å². The van der Waals surface area contributed by atoms with E-state index in [2.05, 4.69) is 10.3 Å². The predicted molar refractivity (Wildman–Crippen MR) is 185 cm³/mol. The van der Waals surface area contributed by atoms with Crippen LogP contribution in [0.1, 0.15) is 11.1 Å². The zero-order valence-corrected chi connectivity index (χ0v) is 25.0. The first kappa shape index (κ1) is 28.0. The van der Waals surface area contributed by atoms with Crippen molar-refractivity contribution in [1.29, 1.82) is 0 Å². The van der Waals surface area contributed by atoms with Gasteiger partial charge in [0, 0.05) is 33.3 Å². The summed E-state index contributed by atoms with van der Waals surface area (Å²) in [5.41, 5.74) is 23.1. The van der Waals surface area contributed by atoms with E-state index in [0.29, 0.717) is 40.1 Å². The molecule has 0 bridgehead atoms. The van der Waals surface area contributed by atoms with Gasteiger partial charge in [-0.05, 0) is 124 Å². The number of rotatable bonds is 6. The molecule has 0 spiro atoms. The van der Waals surface area contributed by atoms with E-state index in [1.165, 1.54) is 0 Å². The third kappa shape index (κ3) is 5.17. The van der Waals surface area contributed by atoms with Crippen LogP contribution in [0.2, 0.25) is 0 Å². The van der Waals surface area contributed by atoms with Crippen LogP contribution in [0.25, 0.3) is 66.4 Å². The summed E-state index contributed by atoms with van der Waals surface area (Å²) in [5.74, 6) is 0.290. The lowest BCUT2D eigenvalue weighted by Crippen LogP contribution is -1.92. The molecule has 6 N–H and O–H groups in total. The van der Waals surface area contributed by atoms with Crippen LogP contribution < -0.4 is 11.5 Å². The molecule has 0 unspecified atom stereocenters. The first-order chi connectivity index (χ1) is 22.9. The number of fused-ring (bicyclic) bond motifs is 2. The molecule has 0 aliphatic heterocycles. The van der Waals surface area contributed by atoms with Crippen LogP contribution in [-0.4, -0.2) is 20.5 Å². The van der Waals surface area contributed by atoms with Gasteiger partial charge in [-0.3, -0.25) is 0 Å². The Morgan fingerprint density at radius 3 is 1.32 bits per heavy atom. The molecule has 228 valence electrons. The summed E-state index contributed by atoms with van der Waals surface area (Å²) in [5, 5.41) is 31.8. The lowest BCUT2D eigenvalue weighted by Gasteiger charge is -2.13. The van der Waals surface area contributed by atoms with Crippen molar-refractivity contribution in [3.8, 4) is 56.0 Å². The number of nitrogens with two attached hydrogens (primary N) is 2. The van der Waals surface area contributed by atoms with Crippen molar-refractivity contribution in [1.82, 2.24) is 10.3 Å². The van der Waals surface area contributed by atoms with Gasteiger partial charge in [0.05, 0.1) is 12.4 Å². The highest BCUT2D eigenvalue weighted by molar-refractivity contribution is 5.99. The average molecular weight is 617 g/mol. The lowest BCUT2D eigenvalue weighted by molar-refractivity contribution is 0.456. The van der Waals surface area contributed by atoms with Crippen LogP contribution in [0, 0.1) is 0 Å². The highest BCUT2D eigenvalue weighted by Gasteiger charge is 2.17. The maximum Gasteiger partial charge on any atom is 0.168 e. The summed E-state index contributed by atoms with van der Waals surface area (Å²) in [7, 11) is 0. The molecule has 8 rings (SSSR count). The monoisotopic (exact) mass is 616 g/mol. The molecule has 0 aliphatic rings. The number of phenolic OH excluding ortho intramolecular Hbond substituents is 2. The Bertz CT molecular complexity index is 2260. The second-order valence-electron chi connectivity index (χ2n) is 11.6. The molecule has 2 aromatic heterocycles. The molecule has 0 atom stereocenters. The molecule has 0 saturated heterocycles. The Hall–Kier alpha value is -6.54. The summed E-state index contributed by atoms with van der Waals surface area (Å²) in [6.45, 7) is 0. The summed E-state index contributed by atoms with van der Waals surface area (Å²) < 4.78 is 11.1. The number of benzene rings is 6. The molecule has 0 aliphatic carbocycles. The van der Waals surface area contributed by atoms with Crippen LogP contribution in [-0.2, 0) is 6.42 Å². The van der Waals surface area contributed by atoms with Crippen LogP contribution in [0.15, 0.2) is 131 Å². The molecule has 0 saturated carbocycles. The number of hydrogen-bond acceptors (Lipinski definition) is 8. The SMILES string of the molecule is Nc1ccc(-c2cc(-c3cc(Cc4ccc(O)c(-c5cc(-c6ccc(N)cc6)cc6oncc56)c4)ccc3O)c3cnoc3c2)cc1. The predicted octanol–water partition coefficient (Wildman–Crippen LogP) is 8.80. The fourth-order valence-corrected chi connectivity index (χ4v) is 6.13. The van der Waals surface area contributed by atoms with E-state index in [9.17, 15) is 10.2 Å². The number of nitrogen functional groups attached to an aromatic ring is 2. The van der Waals surface area contributed by atoms with E-state index in [-0.39, 0.29) is 11.5 Å². The van der Waals surface area contributed by atoms with E-state index in [1.54, 1.807) is 24.5 Å². The second-order valence-corrected chi connectivity index (χ2v) is 11.6. The van der Waals surface area contributed by atoms with Crippen molar-refractivity contribution in [2.24, 2.45) is 0 Å². The normalized spacial score (nSPS) is 11.4. The van der Waals surface area contributed by atoms with Gasteiger partial charge < -0.3 is 30.7 Å². The Balaban J connectivity index is 1.18. The molecule has 8 heteroatoms. The van der Waals surface area contributed by atoms with Crippen molar-refractivity contribution < 1.29 is 19.3 Å². The standard InChI is InChI=1S/C39H28N4O4/c40-28-7-3-24(4-8-28)26-16-30(34-20-42-46-38(34)18-26)32-14-22(1-11-36(32)44)13-23-2-12-37(45)33(15-23)31-17-27(19-39-35(31)21-43-47-39)25-5-9-29(41)10-6-25/h1-12,14-21,44-45H,13,40-41H2. The summed E-state index contributed by atoms with van der Waals surface area (Å²) in [6, 6.07) is 34.3. The van der Waals surface area contributed by atoms with Crippen LogP contribution in [0.5, 0.6) is 11.5 Å². The van der Waals surface area contributed by atoms with Crippen molar-refractivity contribution in [2.75, 3.05) is 11.5 Å². The van der Waals surface area contributed by atoms with E-state index in [1.807, 2.05) is 97.1 Å². The number of nitrogens with zero attached hydrogens (tertiary/aromatic N) is 2. The third-order valence-corrected chi connectivity index (χ3v) is 8.55. The van der Waals surface area contributed by atoms with Gasteiger partial charge in [-0.2, -0.15) is 0 Å². The quantitative estimate of drug-likeness (QED) is 0.136. The van der Waals surface area contributed by atoms with E-state index >= 15 is 0 Å². The second kappa shape index (κ2) is 11.1. The first-order valence-electron chi connectivity index (χ1n) is 15.0. The van der Waals surface area contributed by atoms with Gasteiger partial charge in [-0.25, -0.2) is 0 Å². The average Bonchev–Trinajstić information content (AvgIpc) is 3.76. The molecule has 8 aromatic rings. The zero-order chi connectivity index (χ0) is 32.1. The maximum atomic E-state index is 11.1. The topological polar surface area (TPSA) is 145 Å². The smallest absolute Gasteiger partial charge is 0.168 e. The third-order valence-electron chi connectivity index (χ3n) is 8.55. The van der Waals surface area contributed by atoms with E-state index < -0.39 is 0 Å². The maximum absolute atomic E-state index is 11.1. The molecular weight excluding hydrogens is 588 g/mol. The van der Waals surface area contributed by atoms with Gasteiger partial charge in [0.1, 0.15) is 11.5 Å². The van der Waals surface area contributed by atoms with E-state index in [0.717, 1.165) is 55.3 Å². The van der Waals surface area contributed by atoms with Gasteiger partial charge in [-0.1, -0.05) is 46.7 Å². The summed E-state index contributed by atoms with van der Waals surface area (Å²) in [6.07, 6.45) is 3.88. The minimum Gasteiger partial charge on any atom is -0.507 e. The Morgan fingerprint density at radius 1 is 0.468 bits per heavy atom. The van der Waals surface area contributed by atoms with Gasteiger partial charge >= 0.3 is 0 Å². The van der Waals surface area contributed by atoms with Gasteiger partial charge in [0.2, 0.25) is 0 Å². The zero-order valence-electron chi connectivity index (χ0n) is 25.0. The molecule has 0 fully saturated rings. The van der Waals surface area contributed by atoms with Crippen LogP contribution >= 0.6 is 0 Å². The van der Waals surface area contributed by atoms with Crippen LogP contribution in [0.4, 0.5) is 11.4 Å². The number of hydrogen-bond donors (Lipinski definition) is 4. The molecule has 6 aromatic carbocycles. The number of aromatic nitrogens is 2. The van der Waals surface area contributed by atoms with Gasteiger partial charge in [-0.15, -0.1) is 0 Å². The van der Waals surface area contributed by atoms with Crippen molar-refractivity contribution in [3.05, 3.63) is 133 Å². The number of aromatic hydroxyl groups is 2. The fourth-order valence-electron chi connectivity index (χ4n) is 6.13. The Kier molecular flexibility index (Phi) is 6.62. The highest BCUT2D eigenvalue weighted by Crippen LogP contribution is 2.41. The molecule has 8 nitrogen and oxygen atoms in total. The number of anilines is 2. The van der Waals surface area contributed by atoms with Crippen LogP contribution in [0.3, 0.4) is 0 Å². The minimum absolute atomic E-state index is 0.145. The highest BCUT2D eigenvalue weighted by atomic mass is 16.5. The number of phenols is 2. The molecule has 2 heterocycles. The summed E-state index contributed by atoms with van der Waals surface area (Å²) >= 11 is 0. The summed E-state index contributed by atoms with van der Waals surface area (Å²) in [4.78, 5) is 0. The van der Waals surface area contributed by atoms with Crippen molar-refractivity contribution in [3.63, 3.8) is 0 Å². The lowest BCUT2D eigenvalue weighted by atomic mass is 9.92. The first-order valence-corrected chi connectivity index (χ1v) is 15.0. The Labute approximate surface area is 269 Å². The van der Waals surface area contributed by atoms with Crippen molar-refractivity contribution >= 4 is 33.3 Å². The van der Waals surface area contributed by atoms with Gasteiger partial charge in [0.25, 0.3) is 0 Å². The largest absolute Gasteiger partial charge is 0.507 e. The van der Waals surface area contributed by atoms with Crippen molar-refractivity contribution in [2.45, 2.75) is 6.42 Å². The Morgan fingerprint density at radius 2 is 0.894 bits per heavy atom. The minimum atomic E-state index is 0.145. The fraction of sp³-hybridized carbons (Fsp3) is 0.0256. The molecule has 47 heavy (non-hydrogen) atoms. The molecular formula is C39H28N4O4. The molecule has 0 radical (unpaired) electrons.